The summed E-state index contributed by atoms with van der Waals surface area (Å²) >= 11 is 0. The third-order valence-electron chi connectivity index (χ3n) is 4.02. The molecule has 2 aromatic heterocycles. The predicted octanol–water partition coefficient (Wildman–Crippen LogP) is 4.68. The minimum Gasteiger partial charge on any atom is -0.306 e. The molecule has 9 heteroatoms. The van der Waals surface area contributed by atoms with Crippen molar-refractivity contribution in [2.24, 2.45) is 0 Å². The largest absolute Gasteiger partial charge is 0.435 e. The van der Waals surface area contributed by atoms with Crippen molar-refractivity contribution < 1.29 is 22.4 Å². The number of nitrogens with zero attached hydrogens (tertiary/aromatic N) is 3. The van der Waals surface area contributed by atoms with Gasteiger partial charge in [-0.2, -0.15) is 22.7 Å². The van der Waals surface area contributed by atoms with Crippen molar-refractivity contribution in [3.63, 3.8) is 0 Å². The lowest BCUT2D eigenvalue weighted by atomic mass is 10.1. The second-order valence-electron chi connectivity index (χ2n) is 6.09. The number of benzene rings is 1. The fourth-order valence-corrected chi connectivity index (χ4v) is 2.68. The molecule has 0 spiro atoms. The van der Waals surface area contributed by atoms with Crippen molar-refractivity contribution in [1.29, 1.82) is 0 Å². The number of aryl methyl sites for hydroxylation is 2. The average Bonchev–Trinajstić information content (AvgIpc) is 3.06. The summed E-state index contributed by atoms with van der Waals surface area (Å²) in [6.45, 7) is 3.55. The van der Waals surface area contributed by atoms with Crippen molar-refractivity contribution in [2.45, 2.75) is 26.6 Å². The van der Waals surface area contributed by atoms with Crippen LogP contribution in [0.5, 0.6) is 0 Å². The second kappa shape index (κ2) is 7.41. The molecule has 0 saturated carbocycles. The summed E-state index contributed by atoms with van der Waals surface area (Å²) in [6.07, 6.45) is -4.64. The minimum atomic E-state index is -4.64. The number of alkyl halides is 3. The number of hydrogen-bond donors (Lipinski definition) is 1. The Hall–Kier alpha value is -3.23. The first-order chi connectivity index (χ1) is 13.2. The van der Waals surface area contributed by atoms with E-state index < -0.39 is 23.7 Å². The standard InChI is InChI=1S/C19H16F4N4O/c1-3-27-14(10-15(26-27)19(21,22)23)13-7-8-16(24-17(13)20)25-18(28)12-6-4-5-11(2)9-12/h4-10H,3H2,1-2H3,(H,24,25,28). The minimum absolute atomic E-state index is 0.0450. The maximum Gasteiger partial charge on any atom is 0.435 e. The van der Waals surface area contributed by atoms with Crippen molar-refractivity contribution in [3.05, 3.63) is 65.2 Å². The topological polar surface area (TPSA) is 59.8 Å². The van der Waals surface area contributed by atoms with E-state index >= 15 is 0 Å². The van der Waals surface area contributed by atoms with Crippen LogP contribution in [0.15, 0.2) is 42.5 Å². The van der Waals surface area contributed by atoms with Gasteiger partial charge in [0.1, 0.15) is 5.82 Å². The Morgan fingerprint density at radius 1 is 1.18 bits per heavy atom. The zero-order chi connectivity index (χ0) is 20.5. The first-order valence-corrected chi connectivity index (χ1v) is 8.39. The summed E-state index contributed by atoms with van der Waals surface area (Å²) in [7, 11) is 0. The number of carbonyl (C=O) groups is 1. The highest BCUT2D eigenvalue weighted by molar-refractivity contribution is 6.03. The smallest absolute Gasteiger partial charge is 0.306 e. The third kappa shape index (κ3) is 4.03. The number of halogens is 4. The lowest BCUT2D eigenvalue weighted by Crippen LogP contribution is -2.13. The van der Waals surface area contributed by atoms with E-state index in [2.05, 4.69) is 15.4 Å². The van der Waals surface area contributed by atoms with Crippen molar-refractivity contribution in [3.8, 4) is 11.3 Å². The first kappa shape index (κ1) is 19.5. The number of anilines is 1. The van der Waals surface area contributed by atoms with Gasteiger partial charge in [0.15, 0.2) is 5.69 Å². The molecule has 3 rings (SSSR count). The molecule has 0 aliphatic carbocycles. The van der Waals surface area contributed by atoms with Gasteiger partial charge < -0.3 is 5.32 Å². The van der Waals surface area contributed by atoms with Gasteiger partial charge in [-0.15, -0.1) is 0 Å². The molecule has 146 valence electrons. The van der Waals surface area contributed by atoms with Gasteiger partial charge in [0, 0.05) is 12.1 Å². The maximum absolute atomic E-state index is 14.5. The SMILES string of the molecule is CCn1nc(C(F)(F)F)cc1-c1ccc(NC(=O)c2cccc(C)c2)nc1F. The van der Waals surface area contributed by atoms with Crippen LogP contribution in [-0.2, 0) is 12.7 Å². The Morgan fingerprint density at radius 3 is 2.54 bits per heavy atom. The number of carbonyl (C=O) groups excluding carboxylic acids is 1. The number of nitrogens with one attached hydrogen (secondary N) is 1. The van der Waals surface area contributed by atoms with Gasteiger partial charge in [-0.1, -0.05) is 17.7 Å². The molecule has 1 amide bonds. The zero-order valence-corrected chi connectivity index (χ0v) is 15.0. The number of pyridine rings is 1. The molecule has 0 fully saturated rings. The van der Waals surface area contributed by atoms with Gasteiger partial charge in [0.05, 0.1) is 11.3 Å². The maximum atomic E-state index is 14.5. The average molecular weight is 392 g/mol. The Bertz CT molecular complexity index is 1030. The number of amides is 1. The molecule has 28 heavy (non-hydrogen) atoms. The molecule has 0 bridgehead atoms. The Labute approximate surface area is 158 Å². The predicted molar refractivity (Wildman–Crippen MR) is 95.2 cm³/mol. The molecule has 2 heterocycles. The quantitative estimate of drug-likeness (QED) is 0.518. The summed E-state index contributed by atoms with van der Waals surface area (Å²) in [6, 6.07) is 10.2. The lowest BCUT2D eigenvalue weighted by Gasteiger charge is -2.08. The van der Waals surface area contributed by atoms with Gasteiger partial charge in [-0.3, -0.25) is 9.48 Å². The molecule has 5 nitrogen and oxygen atoms in total. The molecule has 0 aliphatic heterocycles. The fraction of sp³-hybridized carbons (Fsp3) is 0.211. The monoisotopic (exact) mass is 392 g/mol. The van der Waals surface area contributed by atoms with Gasteiger partial charge in [-0.05, 0) is 44.2 Å². The van der Waals surface area contributed by atoms with Gasteiger partial charge in [-0.25, -0.2) is 4.98 Å². The first-order valence-electron chi connectivity index (χ1n) is 8.39. The van der Waals surface area contributed by atoms with E-state index in [0.29, 0.717) is 5.56 Å². The van der Waals surface area contributed by atoms with Crippen LogP contribution in [-0.4, -0.2) is 20.7 Å². The molecule has 0 saturated heterocycles. The van der Waals surface area contributed by atoms with Crippen molar-refractivity contribution in [1.82, 2.24) is 14.8 Å². The number of hydrogen-bond acceptors (Lipinski definition) is 3. The normalized spacial score (nSPS) is 11.5. The molecule has 0 radical (unpaired) electrons. The summed E-state index contributed by atoms with van der Waals surface area (Å²) in [4.78, 5) is 15.9. The lowest BCUT2D eigenvalue weighted by molar-refractivity contribution is -0.141. The van der Waals surface area contributed by atoms with Crippen LogP contribution in [0.3, 0.4) is 0 Å². The van der Waals surface area contributed by atoms with Crippen LogP contribution in [0.25, 0.3) is 11.3 Å². The second-order valence-corrected chi connectivity index (χ2v) is 6.09. The molecular formula is C19H16F4N4O. The highest BCUT2D eigenvalue weighted by Gasteiger charge is 2.35. The Kier molecular flexibility index (Phi) is 5.17. The fourth-order valence-electron chi connectivity index (χ4n) is 2.68. The van der Waals surface area contributed by atoms with Crippen LogP contribution in [0.4, 0.5) is 23.4 Å². The van der Waals surface area contributed by atoms with Crippen molar-refractivity contribution in [2.75, 3.05) is 5.32 Å². The van der Waals surface area contributed by atoms with E-state index in [1.807, 2.05) is 13.0 Å². The van der Waals surface area contributed by atoms with E-state index in [0.717, 1.165) is 16.3 Å². The Balaban J connectivity index is 1.89. The molecule has 1 aromatic carbocycles. The van der Waals surface area contributed by atoms with Crippen molar-refractivity contribution >= 4 is 11.7 Å². The van der Waals surface area contributed by atoms with E-state index in [-0.39, 0.29) is 23.6 Å². The van der Waals surface area contributed by atoms with Crippen LogP contribution >= 0.6 is 0 Å². The van der Waals surface area contributed by atoms with Gasteiger partial charge >= 0.3 is 6.18 Å². The van der Waals surface area contributed by atoms with Crippen LogP contribution in [0.2, 0.25) is 0 Å². The molecule has 0 unspecified atom stereocenters. The summed E-state index contributed by atoms with van der Waals surface area (Å²) in [5.41, 5.74) is -0.0315. The highest BCUT2D eigenvalue weighted by atomic mass is 19.4. The zero-order valence-electron chi connectivity index (χ0n) is 15.0. The van der Waals surface area contributed by atoms with E-state index in [1.54, 1.807) is 25.1 Å². The molecule has 1 N–H and O–H groups in total. The molecular weight excluding hydrogens is 376 g/mol. The van der Waals surface area contributed by atoms with E-state index in [1.165, 1.54) is 12.1 Å². The van der Waals surface area contributed by atoms with E-state index in [4.69, 9.17) is 0 Å². The molecule has 0 atom stereocenters. The number of aromatic nitrogens is 3. The van der Waals surface area contributed by atoms with Crippen LogP contribution in [0, 0.1) is 12.9 Å². The molecule has 3 aromatic rings. The third-order valence-corrected chi connectivity index (χ3v) is 4.02. The summed E-state index contributed by atoms with van der Waals surface area (Å²) in [5, 5.41) is 5.93. The summed E-state index contributed by atoms with van der Waals surface area (Å²) < 4.78 is 54.2. The van der Waals surface area contributed by atoms with Gasteiger partial charge in [0.25, 0.3) is 5.91 Å². The number of rotatable bonds is 4. The van der Waals surface area contributed by atoms with Gasteiger partial charge in [0.2, 0.25) is 5.95 Å². The van der Waals surface area contributed by atoms with Crippen LogP contribution < -0.4 is 5.32 Å². The summed E-state index contributed by atoms with van der Waals surface area (Å²) in [5.74, 6) is -1.53. The Morgan fingerprint density at radius 2 is 1.93 bits per heavy atom. The molecule has 0 aliphatic rings. The highest BCUT2D eigenvalue weighted by Crippen LogP contribution is 2.32. The van der Waals surface area contributed by atoms with E-state index in [9.17, 15) is 22.4 Å². The van der Waals surface area contributed by atoms with Crippen LogP contribution in [0.1, 0.15) is 28.5 Å².